The molecule has 1 aromatic carbocycles. The summed E-state index contributed by atoms with van der Waals surface area (Å²) in [7, 11) is -1.23. The second kappa shape index (κ2) is 7.27. The number of benzene rings is 1. The third kappa shape index (κ3) is 4.83. The monoisotopic (exact) mass is 323 g/mol. The van der Waals surface area contributed by atoms with Gasteiger partial charge in [0.15, 0.2) is 9.84 Å². The third-order valence-electron chi connectivity index (χ3n) is 4.30. The van der Waals surface area contributed by atoms with Gasteiger partial charge in [-0.25, -0.2) is 8.42 Å². The normalized spacial score (nSPS) is 17.0. The van der Waals surface area contributed by atoms with Gasteiger partial charge in [-0.05, 0) is 30.5 Å². The Labute approximate surface area is 133 Å². The lowest BCUT2D eigenvalue weighted by Crippen LogP contribution is -2.36. The van der Waals surface area contributed by atoms with Crippen molar-refractivity contribution in [2.45, 2.75) is 50.3 Å². The lowest BCUT2D eigenvalue weighted by atomic mass is 10.1. The lowest BCUT2D eigenvalue weighted by molar-refractivity contribution is 0.0717. The van der Waals surface area contributed by atoms with Gasteiger partial charge in [-0.1, -0.05) is 37.8 Å². The van der Waals surface area contributed by atoms with E-state index in [-0.39, 0.29) is 11.7 Å². The zero-order valence-corrected chi connectivity index (χ0v) is 14.2. The van der Waals surface area contributed by atoms with Crippen molar-refractivity contribution in [2.24, 2.45) is 0 Å². The molecule has 1 aromatic rings. The van der Waals surface area contributed by atoms with E-state index in [0.29, 0.717) is 17.2 Å². The Bertz CT molecular complexity index is 617. The molecule has 0 bridgehead atoms. The molecule has 22 heavy (non-hydrogen) atoms. The summed E-state index contributed by atoms with van der Waals surface area (Å²) in [5, 5.41) is 0. The largest absolute Gasteiger partial charge is 0.339 e. The van der Waals surface area contributed by atoms with Crippen LogP contribution in [0.2, 0.25) is 0 Å². The quantitative estimate of drug-likeness (QED) is 0.800. The van der Waals surface area contributed by atoms with Crippen molar-refractivity contribution in [2.75, 3.05) is 13.3 Å². The van der Waals surface area contributed by atoms with Gasteiger partial charge in [0, 0.05) is 24.9 Å². The van der Waals surface area contributed by atoms with Gasteiger partial charge < -0.3 is 4.90 Å². The minimum Gasteiger partial charge on any atom is -0.339 e. The molecule has 2 rings (SSSR count). The number of rotatable bonds is 4. The molecule has 1 aliphatic carbocycles. The average molecular weight is 323 g/mol. The predicted molar refractivity (Wildman–Crippen MR) is 88.6 cm³/mol. The first-order chi connectivity index (χ1) is 10.4. The number of carbonyl (C=O) groups excluding carboxylic acids is 1. The molecule has 5 heteroatoms. The van der Waals surface area contributed by atoms with E-state index in [4.69, 9.17) is 0 Å². The highest BCUT2D eigenvalue weighted by molar-refractivity contribution is 7.89. The Kier molecular flexibility index (Phi) is 5.62. The summed E-state index contributed by atoms with van der Waals surface area (Å²) in [6, 6.07) is 7.28. The fraction of sp³-hybridized carbons (Fsp3) is 0.588. The molecule has 1 amide bonds. The third-order valence-corrected chi connectivity index (χ3v) is 5.15. The lowest BCUT2D eigenvalue weighted by Gasteiger charge is -2.27. The second-order valence-electron chi connectivity index (χ2n) is 6.33. The molecular weight excluding hydrogens is 298 g/mol. The Morgan fingerprint density at radius 2 is 1.82 bits per heavy atom. The van der Waals surface area contributed by atoms with Crippen LogP contribution in [-0.2, 0) is 15.6 Å². The van der Waals surface area contributed by atoms with Crippen LogP contribution in [0, 0.1) is 0 Å². The Morgan fingerprint density at radius 3 is 2.41 bits per heavy atom. The summed E-state index contributed by atoms with van der Waals surface area (Å²) in [4.78, 5) is 14.5. The van der Waals surface area contributed by atoms with Crippen LogP contribution in [0.5, 0.6) is 0 Å². The summed E-state index contributed by atoms with van der Waals surface area (Å²) in [5.41, 5.74) is 1.25. The smallest absolute Gasteiger partial charge is 0.253 e. The molecule has 0 spiro atoms. The standard InChI is InChI=1S/C17H25NO3S/c1-18(16-10-5-3-4-6-11-16)17(19)15-9-7-8-14(12-15)13-22(2,20)21/h7-9,12,16H,3-6,10-11,13H2,1-2H3. The number of sulfone groups is 1. The summed E-state index contributed by atoms with van der Waals surface area (Å²) >= 11 is 0. The number of hydrogen-bond donors (Lipinski definition) is 0. The minimum absolute atomic E-state index is 0.0118. The maximum atomic E-state index is 12.7. The van der Waals surface area contributed by atoms with Gasteiger partial charge in [-0.2, -0.15) is 0 Å². The molecule has 0 radical (unpaired) electrons. The van der Waals surface area contributed by atoms with E-state index in [2.05, 4.69) is 0 Å². The van der Waals surface area contributed by atoms with Crippen molar-refractivity contribution in [3.63, 3.8) is 0 Å². The molecule has 0 unspecified atom stereocenters. The zero-order chi connectivity index (χ0) is 16.2. The van der Waals surface area contributed by atoms with E-state index in [9.17, 15) is 13.2 Å². The molecule has 0 N–H and O–H groups in total. The maximum absolute atomic E-state index is 12.7. The van der Waals surface area contributed by atoms with Crippen molar-refractivity contribution in [3.8, 4) is 0 Å². The molecule has 0 heterocycles. The summed E-state index contributed by atoms with van der Waals surface area (Å²) in [6.45, 7) is 0. The van der Waals surface area contributed by atoms with Crippen molar-refractivity contribution in [3.05, 3.63) is 35.4 Å². The molecule has 4 nitrogen and oxygen atoms in total. The first-order valence-electron chi connectivity index (χ1n) is 7.90. The van der Waals surface area contributed by atoms with Gasteiger partial charge >= 0.3 is 0 Å². The topological polar surface area (TPSA) is 54.5 Å². The van der Waals surface area contributed by atoms with Crippen molar-refractivity contribution >= 4 is 15.7 Å². The summed E-state index contributed by atoms with van der Waals surface area (Å²) < 4.78 is 22.8. The van der Waals surface area contributed by atoms with Crippen LogP contribution < -0.4 is 0 Å². The highest BCUT2D eigenvalue weighted by atomic mass is 32.2. The number of hydrogen-bond acceptors (Lipinski definition) is 3. The molecule has 1 fully saturated rings. The molecule has 0 atom stereocenters. The van der Waals surface area contributed by atoms with Crippen molar-refractivity contribution in [1.29, 1.82) is 0 Å². The van der Waals surface area contributed by atoms with Crippen LogP contribution >= 0.6 is 0 Å². The van der Waals surface area contributed by atoms with E-state index in [1.807, 2.05) is 11.9 Å². The van der Waals surface area contributed by atoms with Crippen molar-refractivity contribution in [1.82, 2.24) is 4.90 Å². The Morgan fingerprint density at radius 1 is 1.18 bits per heavy atom. The van der Waals surface area contributed by atoms with Crippen LogP contribution in [0.1, 0.15) is 54.4 Å². The first kappa shape index (κ1) is 17.0. The fourth-order valence-electron chi connectivity index (χ4n) is 3.11. The molecule has 0 aromatic heterocycles. The van der Waals surface area contributed by atoms with Crippen LogP contribution in [0.15, 0.2) is 24.3 Å². The van der Waals surface area contributed by atoms with E-state index < -0.39 is 9.84 Å². The van der Waals surface area contributed by atoms with Gasteiger partial charge in [-0.15, -0.1) is 0 Å². The first-order valence-corrected chi connectivity index (χ1v) is 9.97. The number of carbonyl (C=O) groups is 1. The highest BCUT2D eigenvalue weighted by Crippen LogP contribution is 2.22. The van der Waals surface area contributed by atoms with Crippen LogP contribution in [-0.4, -0.2) is 38.6 Å². The van der Waals surface area contributed by atoms with Gasteiger partial charge in [0.1, 0.15) is 0 Å². The van der Waals surface area contributed by atoms with Gasteiger partial charge in [0.25, 0.3) is 5.91 Å². The Balaban J connectivity index is 2.12. The van der Waals surface area contributed by atoms with Gasteiger partial charge in [0.05, 0.1) is 5.75 Å². The predicted octanol–water partition coefficient (Wildman–Crippen LogP) is 3.03. The molecule has 122 valence electrons. The van der Waals surface area contributed by atoms with E-state index >= 15 is 0 Å². The highest BCUT2D eigenvalue weighted by Gasteiger charge is 2.22. The van der Waals surface area contributed by atoms with E-state index in [1.165, 1.54) is 31.9 Å². The summed E-state index contributed by atoms with van der Waals surface area (Å²) in [6.07, 6.45) is 8.19. The van der Waals surface area contributed by atoms with Gasteiger partial charge in [-0.3, -0.25) is 4.79 Å². The molecule has 0 aliphatic heterocycles. The molecule has 1 aliphatic rings. The van der Waals surface area contributed by atoms with Gasteiger partial charge in [0.2, 0.25) is 0 Å². The maximum Gasteiger partial charge on any atom is 0.253 e. The van der Waals surface area contributed by atoms with E-state index in [0.717, 1.165) is 12.8 Å². The van der Waals surface area contributed by atoms with Crippen LogP contribution in [0.3, 0.4) is 0 Å². The molecule has 1 saturated carbocycles. The molecule has 0 saturated heterocycles. The average Bonchev–Trinajstić information content (AvgIpc) is 2.73. The number of amides is 1. The fourth-order valence-corrected chi connectivity index (χ4v) is 3.90. The van der Waals surface area contributed by atoms with Crippen LogP contribution in [0.25, 0.3) is 0 Å². The SMILES string of the molecule is CN(C(=O)c1cccc(CS(C)(=O)=O)c1)C1CCCCCC1. The van der Waals surface area contributed by atoms with E-state index in [1.54, 1.807) is 24.3 Å². The second-order valence-corrected chi connectivity index (χ2v) is 8.47. The zero-order valence-electron chi connectivity index (χ0n) is 13.4. The number of nitrogens with zero attached hydrogens (tertiary/aromatic N) is 1. The van der Waals surface area contributed by atoms with Crippen LogP contribution in [0.4, 0.5) is 0 Å². The van der Waals surface area contributed by atoms with Crippen molar-refractivity contribution < 1.29 is 13.2 Å². The summed E-state index contributed by atoms with van der Waals surface area (Å²) in [5.74, 6) is -0.0383. The molecular formula is C17H25NO3S. The Hall–Kier alpha value is -1.36. The minimum atomic E-state index is -3.09.